The molecule has 0 spiro atoms. The number of hydrogen-bond acceptors (Lipinski definition) is 2. The van der Waals surface area contributed by atoms with Crippen LogP contribution < -0.4 is 5.56 Å². The third kappa shape index (κ3) is 2.36. The molecular formula is C14H14N2O. The Labute approximate surface area is 99.9 Å². The van der Waals surface area contributed by atoms with Crippen molar-refractivity contribution in [2.75, 3.05) is 0 Å². The Hall–Kier alpha value is -2.08. The van der Waals surface area contributed by atoms with Gasteiger partial charge in [-0.15, -0.1) is 0 Å². The third-order valence-corrected chi connectivity index (χ3v) is 2.82. The molecule has 0 atom stereocenters. The fraction of sp³-hybridized carbons (Fsp3) is 0.286. The molecule has 0 N–H and O–H groups in total. The zero-order valence-corrected chi connectivity index (χ0v) is 9.81. The number of hydrogen-bond donors (Lipinski definition) is 0. The topological polar surface area (TPSA) is 45.8 Å². The molecule has 17 heavy (non-hydrogen) atoms. The second kappa shape index (κ2) is 4.84. The average molecular weight is 226 g/mol. The summed E-state index contributed by atoms with van der Waals surface area (Å²) >= 11 is 0. The van der Waals surface area contributed by atoms with Gasteiger partial charge in [-0.05, 0) is 30.9 Å². The largest absolute Gasteiger partial charge is 0.315 e. The molecule has 0 unspecified atom stereocenters. The third-order valence-electron chi connectivity index (χ3n) is 2.82. The number of rotatable bonds is 3. The molecule has 3 nitrogen and oxygen atoms in total. The number of pyridine rings is 1. The number of benzene rings is 1. The van der Waals surface area contributed by atoms with E-state index in [1.165, 1.54) is 0 Å². The number of aromatic nitrogens is 1. The molecule has 2 rings (SSSR count). The van der Waals surface area contributed by atoms with Crippen molar-refractivity contribution in [1.29, 1.82) is 5.26 Å². The Morgan fingerprint density at radius 3 is 2.94 bits per heavy atom. The van der Waals surface area contributed by atoms with Crippen LogP contribution in [0.5, 0.6) is 0 Å². The standard InChI is InChI=1S/C14H14N2O/c1-11-4-5-13-12(10-11)6-9-16(14(13)17)8-3-2-7-15/h4-6,9-10H,2-3,8H2,1H3. The molecule has 3 heteroatoms. The van der Waals surface area contributed by atoms with Crippen LogP contribution in [0.3, 0.4) is 0 Å². The summed E-state index contributed by atoms with van der Waals surface area (Å²) in [4.78, 5) is 12.1. The quantitative estimate of drug-likeness (QED) is 0.755. The second-order valence-corrected chi connectivity index (χ2v) is 4.17. The van der Waals surface area contributed by atoms with Crippen LogP contribution in [0.25, 0.3) is 10.8 Å². The highest BCUT2D eigenvalue weighted by Gasteiger charge is 2.02. The van der Waals surface area contributed by atoms with Crippen LogP contribution in [0.4, 0.5) is 0 Å². The molecule has 0 radical (unpaired) electrons. The Balaban J connectivity index is 2.41. The van der Waals surface area contributed by atoms with Crippen molar-refractivity contribution in [3.63, 3.8) is 0 Å². The Bertz CT molecular complexity index is 635. The van der Waals surface area contributed by atoms with Gasteiger partial charge in [-0.1, -0.05) is 17.7 Å². The maximum Gasteiger partial charge on any atom is 0.258 e. The summed E-state index contributed by atoms with van der Waals surface area (Å²) in [5.41, 5.74) is 1.18. The van der Waals surface area contributed by atoms with Gasteiger partial charge in [0.15, 0.2) is 0 Å². The number of unbranched alkanes of at least 4 members (excludes halogenated alkanes) is 1. The van der Waals surface area contributed by atoms with Crippen LogP contribution in [-0.4, -0.2) is 4.57 Å². The van der Waals surface area contributed by atoms with E-state index in [9.17, 15) is 4.79 Å². The minimum absolute atomic E-state index is 0.0282. The van der Waals surface area contributed by atoms with Gasteiger partial charge >= 0.3 is 0 Å². The molecule has 0 saturated carbocycles. The summed E-state index contributed by atoms with van der Waals surface area (Å²) in [6, 6.07) is 9.87. The molecule has 86 valence electrons. The summed E-state index contributed by atoms with van der Waals surface area (Å²) in [6.07, 6.45) is 3.01. The predicted octanol–water partition coefficient (Wildman–Crippen LogP) is 2.61. The SMILES string of the molecule is Cc1ccc2c(=O)n(CCCC#N)ccc2c1. The van der Waals surface area contributed by atoms with Gasteiger partial charge in [-0.2, -0.15) is 5.26 Å². The first kappa shape index (κ1) is 11.4. The van der Waals surface area contributed by atoms with Gasteiger partial charge in [0.05, 0.1) is 6.07 Å². The monoisotopic (exact) mass is 226 g/mol. The molecule has 0 fully saturated rings. The van der Waals surface area contributed by atoms with Crippen LogP contribution in [0.2, 0.25) is 0 Å². The zero-order chi connectivity index (χ0) is 12.3. The molecule has 0 aliphatic heterocycles. The lowest BCUT2D eigenvalue weighted by atomic mass is 10.1. The first-order chi connectivity index (χ1) is 8.22. The lowest BCUT2D eigenvalue weighted by Crippen LogP contribution is -2.19. The van der Waals surface area contributed by atoms with Crippen molar-refractivity contribution in [1.82, 2.24) is 4.57 Å². The lowest BCUT2D eigenvalue weighted by Gasteiger charge is -2.06. The Morgan fingerprint density at radius 2 is 2.18 bits per heavy atom. The van der Waals surface area contributed by atoms with E-state index in [0.717, 1.165) is 16.3 Å². The number of nitriles is 1. The minimum atomic E-state index is 0.0282. The summed E-state index contributed by atoms with van der Waals surface area (Å²) in [7, 11) is 0. The van der Waals surface area contributed by atoms with Crippen molar-refractivity contribution < 1.29 is 0 Å². The van der Waals surface area contributed by atoms with Gasteiger partial charge in [0.2, 0.25) is 0 Å². The molecule has 1 aromatic heterocycles. The number of nitrogens with zero attached hydrogens (tertiary/aromatic N) is 2. The summed E-state index contributed by atoms with van der Waals surface area (Å²) in [5, 5.41) is 10.2. The number of aryl methyl sites for hydroxylation is 2. The van der Waals surface area contributed by atoms with E-state index >= 15 is 0 Å². The Morgan fingerprint density at radius 1 is 1.35 bits per heavy atom. The van der Waals surface area contributed by atoms with Crippen LogP contribution in [-0.2, 0) is 6.54 Å². The van der Waals surface area contributed by atoms with E-state index in [1.807, 2.05) is 37.4 Å². The van der Waals surface area contributed by atoms with Crippen LogP contribution in [0, 0.1) is 18.3 Å². The molecule has 1 aromatic carbocycles. The van der Waals surface area contributed by atoms with Crippen LogP contribution >= 0.6 is 0 Å². The molecule has 0 aliphatic rings. The van der Waals surface area contributed by atoms with E-state index in [1.54, 1.807) is 4.57 Å². The van der Waals surface area contributed by atoms with E-state index in [4.69, 9.17) is 5.26 Å². The normalized spacial score (nSPS) is 10.4. The van der Waals surface area contributed by atoms with Crippen LogP contribution in [0.1, 0.15) is 18.4 Å². The van der Waals surface area contributed by atoms with E-state index < -0.39 is 0 Å². The van der Waals surface area contributed by atoms with Gasteiger partial charge in [-0.3, -0.25) is 4.79 Å². The average Bonchev–Trinajstić information content (AvgIpc) is 2.32. The molecule has 1 heterocycles. The van der Waals surface area contributed by atoms with Crippen molar-refractivity contribution in [2.45, 2.75) is 26.3 Å². The lowest BCUT2D eigenvalue weighted by molar-refractivity contribution is 0.636. The first-order valence-corrected chi connectivity index (χ1v) is 5.69. The summed E-state index contributed by atoms with van der Waals surface area (Å²) in [5.74, 6) is 0. The molecule has 0 saturated heterocycles. The van der Waals surface area contributed by atoms with Crippen molar-refractivity contribution in [3.05, 3.63) is 46.4 Å². The molecule has 0 amide bonds. The highest BCUT2D eigenvalue weighted by molar-refractivity contribution is 5.81. The van der Waals surface area contributed by atoms with E-state index in [2.05, 4.69) is 6.07 Å². The van der Waals surface area contributed by atoms with Gasteiger partial charge in [-0.25, -0.2) is 0 Å². The smallest absolute Gasteiger partial charge is 0.258 e. The second-order valence-electron chi connectivity index (χ2n) is 4.17. The molecule has 0 bridgehead atoms. The maximum atomic E-state index is 12.1. The molecule has 2 aromatic rings. The Kier molecular flexibility index (Phi) is 3.24. The van der Waals surface area contributed by atoms with Gasteiger partial charge in [0.1, 0.15) is 0 Å². The molecular weight excluding hydrogens is 212 g/mol. The van der Waals surface area contributed by atoms with Gasteiger partial charge < -0.3 is 4.57 Å². The summed E-state index contributed by atoms with van der Waals surface area (Å²) in [6.45, 7) is 2.62. The summed E-state index contributed by atoms with van der Waals surface area (Å²) < 4.78 is 1.68. The fourth-order valence-electron chi connectivity index (χ4n) is 1.91. The first-order valence-electron chi connectivity index (χ1n) is 5.69. The zero-order valence-electron chi connectivity index (χ0n) is 9.81. The molecule has 0 aliphatic carbocycles. The fourth-order valence-corrected chi connectivity index (χ4v) is 1.91. The van der Waals surface area contributed by atoms with Crippen LogP contribution in [0.15, 0.2) is 35.3 Å². The van der Waals surface area contributed by atoms with Crippen molar-refractivity contribution in [2.24, 2.45) is 0 Å². The van der Waals surface area contributed by atoms with E-state index in [0.29, 0.717) is 19.4 Å². The number of fused-ring (bicyclic) bond motifs is 1. The minimum Gasteiger partial charge on any atom is -0.315 e. The predicted molar refractivity (Wildman–Crippen MR) is 67.8 cm³/mol. The maximum absolute atomic E-state index is 12.1. The highest BCUT2D eigenvalue weighted by Crippen LogP contribution is 2.11. The highest BCUT2D eigenvalue weighted by atomic mass is 16.1. The van der Waals surface area contributed by atoms with E-state index in [-0.39, 0.29) is 5.56 Å². The van der Waals surface area contributed by atoms with Crippen molar-refractivity contribution >= 4 is 10.8 Å². The van der Waals surface area contributed by atoms with Gasteiger partial charge in [0, 0.05) is 24.5 Å². The van der Waals surface area contributed by atoms with Crippen molar-refractivity contribution in [3.8, 4) is 6.07 Å². The van der Waals surface area contributed by atoms with Gasteiger partial charge in [0.25, 0.3) is 5.56 Å².